The fourth-order valence-corrected chi connectivity index (χ4v) is 0.643. The summed E-state index contributed by atoms with van der Waals surface area (Å²) in [5, 5.41) is 3.78. The average Bonchev–Trinajstić information content (AvgIpc) is 2.19. The predicted molar refractivity (Wildman–Crippen MR) is 31.7 cm³/mol. The largest absolute Gasteiger partial charge is 0.357 e. The minimum Gasteiger partial charge on any atom is -0.357 e. The highest BCUT2D eigenvalue weighted by Crippen LogP contribution is 1.96. The van der Waals surface area contributed by atoms with Gasteiger partial charge in [0.1, 0.15) is 6.23 Å². The molecule has 3 heteroatoms. The molecular formula is C5H10N2O. The van der Waals surface area contributed by atoms with E-state index in [0.29, 0.717) is 0 Å². The van der Waals surface area contributed by atoms with Crippen molar-refractivity contribution < 1.29 is 4.74 Å². The minimum absolute atomic E-state index is 0.139. The summed E-state index contributed by atoms with van der Waals surface area (Å²) in [4.78, 5) is 0. The minimum atomic E-state index is 0.139. The summed E-state index contributed by atoms with van der Waals surface area (Å²) in [6.07, 6.45) is 2.86. The van der Waals surface area contributed by atoms with Gasteiger partial charge in [-0.2, -0.15) is 5.10 Å². The Hall–Kier alpha value is -0.570. The summed E-state index contributed by atoms with van der Waals surface area (Å²) < 4.78 is 5.17. The molecule has 1 rings (SSSR count). The number of hydrazone groups is 1. The van der Waals surface area contributed by atoms with Crippen LogP contribution in [0, 0.1) is 0 Å². The van der Waals surface area contributed by atoms with Gasteiger partial charge in [-0.25, -0.2) is 0 Å². The average molecular weight is 114 g/mol. The van der Waals surface area contributed by atoms with Crippen molar-refractivity contribution in [2.24, 2.45) is 5.10 Å². The molecule has 1 aliphatic heterocycles. The highest BCUT2D eigenvalue weighted by Gasteiger charge is 2.07. The van der Waals surface area contributed by atoms with Crippen LogP contribution >= 0.6 is 0 Å². The molecule has 8 heavy (non-hydrogen) atoms. The summed E-state index contributed by atoms with van der Waals surface area (Å²) in [5.74, 6) is 0. The van der Waals surface area contributed by atoms with Crippen LogP contribution in [0.15, 0.2) is 5.10 Å². The van der Waals surface area contributed by atoms with Crippen molar-refractivity contribution in [2.75, 3.05) is 6.61 Å². The van der Waals surface area contributed by atoms with E-state index in [9.17, 15) is 0 Å². The van der Waals surface area contributed by atoms with Crippen LogP contribution < -0.4 is 5.43 Å². The van der Waals surface area contributed by atoms with Crippen molar-refractivity contribution in [3.05, 3.63) is 0 Å². The van der Waals surface area contributed by atoms with Gasteiger partial charge in [0.05, 0.1) is 0 Å². The second kappa shape index (κ2) is 2.67. The van der Waals surface area contributed by atoms with E-state index < -0.39 is 0 Å². The summed E-state index contributed by atoms with van der Waals surface area (Å²) in [5.41, 5.74) is 2.80. The van der Waals surface area contributed by atoms with Crippen LogP contribution in [0.2, 0.25) is 0 Å². The maximum absolute atomic E-state index is 5.17. The van der Waals surface area contributed by atoms with Crippen molar-refractivity contribution in [3.8, 4) is 0 Å². The van der Waals surface area contributed by atoms with E-state index >= 15 is 0 Å². The second-order valence-electron chi connectivity index (χ2n) is 1.62. The molecule has 0 saturated heterocycles. The molecule has 0 spiro atoms. The summed E-state index contributed by atoms with van der Waals surface area (Å²) >= 11 is 0. The van der Waals surface area contributed by atoms with Crippen LogP contribution in [0.4, 0.5) is 0 Å². The van der Waals surface area contributed by atoms with E-state index in [0.717, 1.165) is 13.0 Å². The van der Waals surface area contributed by atoms with Gasteiger partial charge in [0.2, 0.25) is 0 Å². The number of ether oxygens (including phenoxy) is 1. The van der Waals surface area contributed by atoms with E-state index in [1.54, 1.807) is 0 Å². The van der Waals surface area contributed by atoms with E-state index in [-0.39, 0.29) is 6.23 Å². The van der Waals surface area contributed by atoms with Crippen molar-refractivity contribution in [1.29, 1.82) is 0 Å². The Kier molecular flexibility index (Phi) is 1.86. The highest BCUT2D eigenvalue weighted by molar-refractivity contribution is 5.59. The monoisotopic (exact) mass is 114 g/mol. The molecule has 0 bridgehead atoms. The van der Waals surface area contributed by atoms with Crippen molar-refractivity contribution in [2.45, 2.75) is 19.6 Å². The molecule has 0 fully saturated rings. The van der Waals surface area contributed by atoms with Crippen molar-refractivity contribution >= 4 is 6.21 Å². The van der Waals surface area contributed by atoms with Gasteiger partial charge in [0.25, 0.3) is 0 Å². The Morgan fingerprint density at radius 2 is 2.88 bits per heavy atom. The molecule has 1 atom stereocenters. The first-order valence-corrected chi connectivity index (χ1v) is 2.82. The third-order valence-electron chi connectivity index (χ3n) is 0.997. The molecule has 0 radical (unpaired) electrons. The first kappa shape index (κ1) is 5.56. The number of nitrogens with one attached hydrogen (secondary N) is 1. The van der Waals surface area contributed by atoms with Gasteiger partial charge < -0.3 is 4.74 Å². The Labute approximate surface area is 48.7 Å². The fourth-order valence-electron chi connectivity index (χ4n) is 0.643. The standard InChI is InChI=1S/C5H10N2O/c1-2-8-5-3-4-6-7-5/h4-5,7H,2-3H2,1H3. The Morgan fingerprint density at radius 3 is 3.38 bits per heavy atom. The van der Waals surface area contributed by atoms with Crippen LogP contribution in [0.5, 0.6) is 0 Å². The van der Waals surface area contributed by atoms with Gasteiger partial charge in [0, 0.05) is 19.2 Å². The molecular weight excluding hydrogens is 104 g/mol. The molecule has 0 aliphatic carbocycles. The van der Waals surface area contributed by atoms with Crippen LogP contribution in [-0.2, 0) is 4.74 Å². The smallest absolute Gasteiger partial charge is 0.147 e. The topological polar surface area (TPSA) is 33.6 Å². The quantitative estimate of drug-likeness (QED) is 0.561. The van der Waals surface area contributed by atoms with Crippen LogP contribution in [0.25, 0.3) is 0 Å². The van der Waals surface area contributed by atoms with Gasteiger partial charge in [-0.05, 0) is 6.92 Å². The van der Waals surface area contributed by atoms with Gasteiger partial charge >= 0.3 is 0 Å². The number of hydrogen-bond donors (Lipinski definition) is 1. The predicted octanol–water partition coefficient (Wildman–Crippen LogP) is 0.328. The third kappa shape index (κ3) is 1.20. The summed E-state index contributed by atoms with van der Waals surface area (Å²) in [6.45, 7) is 2.72. The number of nitrogens with zero attached hydrogens (tertiary/aromatic N) is 1. The zero-order valence-electron chi connectivity index (χ0n) is 4.92. The van der Waals surface area contributed by atoms with E-state index in [1.165, 1.54) is 0 Å². The zero-order valence-corrected chi connectivity index (χ0v) is 4.92. The van der Waals surface area contributed by atoms with Gasteiger partial charge in [-0.1, -0.05) is 0 Å². The number of rotatable bonds is 2. The second-order valence-corrected chi connectivity index (χ2v) is 1.62. The Bertz CT molecular complexity index is 84.4. The molecule has 0 aromatic rings. The number of hydrogen-bond acceptors (Lipinski definition) is 3. The van der Waals surface area contributed by atoms with Crippen LogP contribution in [0.1, 0.15) is 13.3 Å². The van der Waals surface area contributed by atoms with E-state index in [4.69, 9.17) is 4.74 Å². The van der Waals surface area contributed by atoms with Crippen molar-refractivity contribution in [1.82, 2.24) is 5.43 Å². The Morgan fingerprint density at radius 1 is 2.00 bits per heavy atom. The van der Waals surface area contributed by atoms with Crippen LogP contribution in [0.3, 0.4) is 0 Å². The maximum Gasteiger partial charge on any atom is 0.147 e. The molecule has 1 N–H and O–H groups in total. The normalized spacial score (nSPS) is 25.9. The first-order chi connectivity index (χ1) is 3.93. The molecule has 1 aliphatic rings. The molecule has 1 heterocycles. The molecule has 0 aromatic heterocycles. The first-order valence-electron chi connectivity index (χ1n) is 2.82. The third-order valence-corrected chi connectivity index (χ3v) is 0.997. The molecule has 1 unspecified atom stereocenters. The van der Waals surface area contributed by atoms with Gasteiger partial charge in [-0.15, -0.1) is 0 Å². The van der Waals surface area contributed by atoms with E-state index in [2.05, 4.69) is 10.5 Å². The maximum atomic E-state index is 5.17. The highest BCUT2D eigenvalue weighted by atomic mass is 16.5. The Balaban J connectivity index is 2.10. The lowest BCUT2D eigenvalue weighted by Crippen LogP contribution is -2.22. The summed E-state index contributed by atoms with van der Waals surface area (Å²) in [7, 11) is 0. The molecule has 0 amide bonds. The lowest BCUT2D eigenvalue weighted by atomic mass is 10.4. The zero-order chi connectivity index (χ0) is 5.82. The van der Waals surface area contributed by atoms with Crippen molar-refractivity contribution in [3.63, 3.8) is 0 Å². The molecule has 46 valence electrons. The summed E-state index contributed by atoms with van der Waals surface area (Å²) in [6, 6.07) is 0. The lowest BCUT2D eigenvalue weighted by molar-refractivity contribution is 0.0519. The molecule has 0 aromatic carbocycles. The van der Waals surface area contributed by atoms with Gasteiger partial charge in [0.15, 0.2) is 0 Å². The van der Waals surface area contributed by atoms with E-state index in [1.807, 2.05) is 13.1 Å². The lowest BCUT2D eigenvalue weighted by Gasteiger charge is -2.07. The molecule has 0 saturated carbocycles. The SMILES string of the molecule is CCOC1CC=NN1. The van der Waals surface area contributed by atoms with Crippen LogP contribution in [-0.4, -0.2) is 19.0 Å². The van der Waals surface area contributed by atoms with Gasteiger partial charge in [-0.3, -0.25) is 5.43 Å². The molecule has 3 nitrogen and oxygen atoms in total. The fraction of sp³-hybridized carbons (Fsp3) is 0.800.